The summed E-state index contributed by atoms with van der Waals surface area (Å²) in [6, 6.07) is 2.83. The maximum absolute atomic E-state index is 14.1. The Morgan fingerprint density at radius 2 is 1.90 bits per heavy atom. The van der Waals surface area contributed by atoms with Gasteiger partial charge in [0.1, 0.15) is 17.3 Å². The van der Waals surface area contributed by atoms with Gasteiger partial charge in [-0.25, -0.2) is 9.18 Å². The first-order chi connectivity index (χ1) is 9.25. The van der Waals surface area contributed by atoms with Gasteiger partial charge >= 0.3 is 5.69 Å². The average Bonchev–Trinajstić information content (AvgIpc) is 2.68. The van der Waals surface area contributed by atoms with Gasteiger partial charge in [0.25, 0.3) is 0 Å². The van der Waals surface area contributed by atoms with E-state index in [2.05, 4.69) is 10.4 Å². The average molecular weight is 280 g/mol. The van der Waals surface area contributed by atoms with E-state index in [-0.39, 0.29) is 11.6 Å². The van der Waals surface area contributed by atoms with E-state index in [1.807, 2.05) is 20.8 Å². The van der Waals surface area contributed by atoms with Crippen LogP contribution in [0.15, 0.2) is 16.9 Å². The van der Waals surface area contributed by atoms with Crippen molar-refractivity contribution < 1.29 is 9.13 Å². The van der Waals surface area contributed by atoms with Crippen molar-refractivity contribution in [2.24, 2.45) is 7.05 Å². The zero-order chi connectivity index (χ0) is 15.1. The highest BCUT2D eigenvalue weighted by molar-refractivity contribution is 5.50. The molecule has 0 fully saturated rings. The third-order valence-corrected chi connectivity index (χ3v) is 3.03. The zero-order valence-electron chi connectivity index (χ0n) is 12.1. The Morgan fingerprint density at radius 1 is 1.25 bits per heavy atom. The minimum Gasteiger partial charge on any atom is -0.494 e. The molecule has 0 amide bonds. The number of ether oxygens (including phenoxy) is 1. The van der Waals surface area contributed by atoms with Crippen molar-refractivity contribution in [2.75, 3.05) is 7.11 Å². The van der Waals surface area contributed by atoms with Gasteiger partial charge in [0.15, 0.2) is 0 Å². The van der Waals surface area contributed by atoms with Crippen LogP contribution in [0.4, 0.5) is 4.39 Å². The maximum atomic E-state index is 14.1. The summed E-state index contributed by atoms with van der Waals surface area (Å²) < 4.78 is 21.4. The molecule has 2 rings (SSSR count). The molecule has 6 nitrogen and oxygen atoms in total. The van der Waals surface area contributed by atoms with Crippen LogP contribution in [-0.4, -0.2) is 26.9 Å². The van der Waals surface area contributed by atoms with E-state index in [4.69, 9.17) is 4.74 Å². The number of benzene rings is 1. The summed E-state index contributed by atoms with van der Waals surface area (Å²) in [5.41, 5.74) is 0.0225. The number of hydrogen-bond donors (Lipinski definition) is 0. The summed E-state index contributed by atoms with van der Waals surface area (Å²) >= 11 is 0. The molecule has 0 N–H and O–H groups in total. The molecule has 1 aromatic heterocycles. The molecule has 0 aliphatic rings. The van der Waals surface area contributed by atoms with E-state index >= 15 is 0 Å². The van der Waals surface area contributed by atoms with Gasteiger partial charge in [-0.15, -0.1) is 0 Å². The second-order valence-corrected chi connectivity index (χ2v) is 5.55. The Balaban J connectivity index is 2.75. The third-order valence-electron chi connectivity index (χ3n) is 3.03. The van der Waals surface area contributed by atoms with Gasteiger partial charge in [-0.2, -0.15) is 9.36 Å². The number of hydrogen-bond acceptors (Lipinski definition) is 4. The highest BCUT2D eigenvalue weighted by atomic mass is 19.1. The van der Waals surface area contributed by atoms with Crippen LogP contribution < -0.4 is 10.4 Å². The van der Waals surface area contributed by atoms with Gasteiger partial charge in [0.05, 0.1) is 7.11 Å². The predicted molar refractivity (Wildman–Crippen MR) is 71.8 cm³/mol. The normalized spacial score (nSPS) is 11.7. The predicted octanol–water partition coefficient (Wildman–Crippen LogP) is 1.41. The van der Waals surface area contributed by atoms with Crippen molar-refractivity contribution in [1.82, 2.24) is 19.8 Å². The van der Waals surface area contributed by atoms with Crippen LogP contribution in [0.5, 0.6) is 5.75 Å². The van der Waals surface area contributed by atoms with Crippen LogP contribution in [0, 0.1) is 5.82 Å². The highest BCUT2D eigenvalue weighted by Crippen LogP contribution is 2.32. The fourth-order valence-corrected chi connectivity index (χ4v) is 1.91. The molecule has 1 aromatic carbocycles. The van der Waals surface area contributed by atoms with Gasteiger partial charge < -0.3 is 4.74 Å². The lowest BCUT2D eigenvalue weighted by Gasteiger charge is -2.21. The summed E-state index contributed by atoms with van der Waals surface area (Å²) in [5.74, 6) is -0.145. The molecule has 0 aliphatic heterocycles. The van der Waals surface area contributed by atoms with E-state index in [0.29, 0.717) is 11.3 Å². The van der Waals surface area contributed by atoms with E-state index in [9.17, 15) is 9.18 Å². The summed E-state index contributed by atoms with van der Waals surface area (Å²) in [6.45, 7) is 5.67. The third kappa shape index (κ3) is 2.31. The Morgan fingerprint density at radius 3 is 2.35 bits per heavy atom. The lowest BCUT2D eigenvalue weighted by molar-refractivity contribution is 0.405. The molecule has 0 aliphatic carbocycles. The van der Waals surface area contributed by atoms with Crippen molar-refractivity contribution in [2.45, 2.75) is 26.2 Å². The molecule has 7 heteroatoms. The van der Waals surface area contributed by atoms with E-state index in [0.717, 1.165) is 9.36 Å². The quantitative estimate of drug-likeness (QED) is 0.834. The fourth-order valence-electron chi connectivity index (χ4n) is 1.91. The molecule has 0 saturated heterocycles. The number of nitrogens with zero attached hydrogens (tertiary/aromatic N) is 4. The SMILES string of the molecule is COc1cc(F)c(C(C)(C)C)cc1-n1nnn(C)c1=O. The molecule has 0 spiro atoms. The van der Waals surface area contributed by atoms with Crippen molar-refractivity contribution in [3.8, 4) is 11.4 Å². The molecular weight excluding hydrogens is 263 g/mol. The minimum absolute atomic E-state index is 0.234. The van der Waals surface area contributed by atoms with Gasteiger partial charge in [-0.05, 0) is 27.5 Å². The van der Waals surface area contributed by atoms with Gasteiger partial charge in [-0.3, -0.25) is 0 Å². The molecule has 108 valence electrons. The monoisotopic (exact) mass is 280 g/mol. The molecule has 0 atom stereocenters. The van der Waals surface area contributed by atoms with E-state index in [1.54, 1.807) is 6.07 Å². The van der Waals surface area contributed by atoms with Crippen molar-refractivity contribution in [3.05, 3.63) is 34.0 Å². The molecule has 0 saturated carbocycles. The van der Waals surface area contributed by atoms with Crippen LogP contribution in [0.2, 0.25) is 0 Å². The van der Waals surface area contributed by atoms with Gasteiger partial charge in [0, 0.05) is 13.1 Å². The molecule has 1 heterocycles. The number of methoxy groups -OCH3 is 1. The van der Waals surface area contributed by atoms with E-state index in [1.165, 1.54) is 20.2 Å². The maximum Gasteiger partial charge on any atom is 0.368 e. The minimum atomic E-state index is -0.422. The Hall–Kier alpha value is -2.18. The van der Waals surface area contributed by atoms with Gasteiger partial charge in [0.2, 0.25) is 0 Å². The first-order valence-electron chi connectivity index (χ1n) is 6.13. The fraction of sp³-hybridized carbons (Fsp3) is 0.462. The second kappa shape index (κ2) is 4.73. The van der Waals surface area contributed by atoms with Crippen LogP contribution in [0.25, 0.3) is 5.69 Å². The van der Waals surface area contributed by atoms with Crippen LogP contribution >= 0.6 is 0 Å². The Labute approximate surface area is 115 Å². The first kappa shape index (κ1) is 14.2. The standard InChI is InChI=1S/C13H17FN4O2/c1-13(2,3)8-6-10(11(20-5)7-9(8)14)18-12(19)17(4)15-16-18/h6-7H,1-5H3. The lowest BCUT2D eigenvalue weighted by atomic mass is 9.86. The molecule has 0 bridgehead atoms. The Kier molecular flexibility index (Phi) is 3.37. The van der Waals surface area contributed by atoms with Crippen LogP contribution in [0.3, 0.4) is 0 Å². The number of aromatic nitrogens is 4. The van der Waals surface area contributed by atoms with Crippen molar-refractivity contribution in [1.29, 1.82) is 0 Å². The summed E-state index contributed by atoms with van der Waals surface area (Å²) in [7, 11) is 2.91. The topological polar surface area (TPSA) is 61.9 Å². The first-order valence-corrected chi connectivity index (χ1v) is 6.13. The smallest absolute Gasteiger partial charge is 0.368 e. The zero-order valence-corrected chi connectivity index (χ0v) is 12.1. The van der Waals surface area contributed by atoms with Crippen LogP contribution in [0.1, 0.15) is 26.3 Å². The summed E-state index contributed by atoms with van der Waals surface area (Å²) in [5, 5.41) is 7.41. The van der Waals surface area contributed by atoms with Crippen molar-refractivity contribution in [3.63, 3.8) is 0 Å². The second-order valence-electron chi connectivity index (χ2n) is 5.55. The van der Waals surface area contributed by atoms with Gasteiger partial charge in [-0.1, -0.05) is 20.8 Å². The summed E-state index contributed by atoms with van der Waals surface area (Å²) in [4.78, 5) is 11.9. The Bertz CT molecular complexity index is 697. The molecular formula is C13H17FN4O2. The molecule has 0 radical (unpaired) electrons. The van der Waals surface area contributed by atoms with E-state index < -0.39 is 11.1 Å². The lowest BCUT2D eigenvalue weighted by Crippen LogP contribution is -2.23. The van der Waals surface area contributed by atoms with Crippen LogP contribution in [-0.2, 0) is 12.5 Å². The molecule has 0 unspecified atom stereocenters. The number of aryl methyl sites for hydroxylation is 1. The number of halogens is 1. The number of tetrazole rings is 1. The van der Waals surface area contributed by atoms with Crippen molar-refractivity contribution >= 4 is 0 Å². The molecule has 20 heavy (non-hydrogen) atoms. The molecule has 2 aromatic rings. The highest BCUT2D eigenvalue weighted by Gasteiger charge is 2.23. The number of rotatable bonds is 2. The largest absolute Gasteiger partial charge is 0.494 e. The summed E-state index contributed by atoms with van der Waals surface area (Å²) in [6.07, 6.45) is 0.